The molecule has 1 aliphatic carbocycles. The Morgan fingerprint density at radius 3 is 2.52 bits per heavy atom. The second-order valence-electron chi connectivity index (χ2n) is 8.01. The average Bonchev–Trinajstić information content (AvgIpc) is 3.52. The molecule has 1 aliphatic heterocycles. The highest BCUT2D eigenvalue weighted by molar-refractivity contribution is 6.34. The third-order valence-electron chi connectivity index (χ3n) is 6.05. The minimum Gasteiger partial charge on any atom is -0.369 e. The van der Waals surface area contributed by atoms with E-state index in [0.717, 1.165) is 49.0 Å². The van der Waals surface area contributed by atoms with Crippen molar-refractivity contribution >= 4 is 28.7 Å². The van der Waals surface area contributed by atoms with Gasteiger partial charge in [-0.1, -0.05) is 17.7 Å². The highest BCUT2D eigenvalue weighted by Crippen LogP contribution is 2.31. The van der Waals surface area contributed by atoms with Crippen LogP contribution in [0.3, 0.4) is 0 Å². The zero-order chi connectivity index (χ0) is 20.1. The van der Waals surface area contributed by atoms with Crippen LogP contribution in [-0.2, 0) is 0 Å². The summed E-state index contributed by atoms with van der Waals surface area (Å²) in [6.07, 6.45) is 2.74. The smallest absolute Gasteiger partial charge is 0.267 e. The van der Waals surface area contributed by atoms with E-state index in [0.29, 0.717) is 10.5 Å². The minimum absolute atomic E-state index is 0.287. The predicted octanol–water partition coefficient (Wildman–Crippen LogP) is 3.35. The average molecular weight is 410 g/mol. The molecule has 1 aromatic carbocycles. The van der Waals surface area contributed by atoms with Crippen LogP contribution in [0.15, 0.2) is 36.4 Å². The fourth-order valence-corrected chi connectivity index (χ4v) is 4.53. The third-order valence-corrected chi connectivity index (χ3v) is 6.36. The van der Waals surface area contributed by atoms with Gasteiger partial charge in [-0.25, -0.2) is 4.52 Å². The molecule has 5 rings (SSSR count). The Bertz CT molecular complexity index is 1100. The van der Waals surface area contributed by atoms with Gasteiger partial charge in [0.2, 0.25) is 0 Å². The molecule has 0 atom stereocenters. The number of rotatable bonds is 4. The van der Waals surface area contributed by atoms with Gasteiger partial charge in [0.15, 0.2) is 0 Å². The van der Waals surface area contributed by atoms with Gasteiger partial charge in [0.05, 0.1) is 16.2 Å². The van der Waals surface area contributed by atoms with Crippen molar-refractivity contribution in [2.75, 3.05) is 31.1 Å². The molecule has 3 heterocycles. The van der Waals surface area contributed by atoms with Gasteiger partial charge in [0, 0.05) is 43.5 Å². The molecule has 0 radical (unpaired) electrons. The number of aromatic nitrogens is 2. The van der Waals surface area contributed by atoms with Crippen LogP contribution in [0.4, 0.5) is 5.69 Å². The van der Waals surface area contributed by atoms with Crippen LogP contribution in [0.5, 0.6) is 0 Å². The minimum atomic E-state index is -0.547. The topological polar surface area (TPSA) is 66.9 Å². The first kappa shape index (κ1) is 18.5. The number of fused-ring (bicyclic) bond motifs is 1. The van der Waals surface area contributed by atoms with Gasteiger partial charge < -0.3 is 10.6 Å². The van der Waals surface area contributed by atoms with Crippen molar-refractivity contribution in [1.82, 2.24) is 14.5 Å². The zero-order valence-corrected chi connectivity index (χ0v) is 17.2. The number of carbonyl (C=O) groups excluding carboxylic acids is 1. The van der Waals surface area contributed by atoms with E-state index in [9.17, 15) is 4.79 Å². The number of nitrogens with two attached hydrogens (primary N) is 1. The predicted molar refractivity (Wildman–Crippen MR) is 116 cm³/mol. The Labute approximate surface area is 174 Å². The van der Waals surface area contributed by atoms with E-state index in [1.54, 1.807) is 6.07 Å². The number of primary amides is 1. The van der Waals surface area contributed by atoms with Gasteiger partial charge in [0.25, 0.3) is 5.91 Å². The van der Waals surface area contributed by atoms with Crippen LogP contribution in [-0.4, -0.2) is 52.6 Å². The van der Waals surface area contributed by atoms with Crippen LogP contribution >= 0.6 is 11.6 Å². The number of carbonyl (C=O) groups is 1. The van der Waals surface area contributed by atoms with Gasteiger partial charge in [-0.05, 0) is 55.7 Å². The summed E-state index contributed by atoms with van der Waals surface area (Å²) in [5.74, 6) is -0.547. The van der Waals surface area contributed by atoms with E-state index in [2.05, 4.69) is 40.0 Å². The van der Waals surface area contributed by atoms with E-state index in [1.807, 2.05) is 12.1 Å². The Kier molecular flexibility index (Phi) is 4.48. The summed E-state index contributed by atoms with van der Waals surface area (Å²) in [4.78, 5) is 16.8. The second-order valence-corrected chi connectivity index (χ2v) is 8.42. The molecule has 29 heavy (non-hydrogen) atoms. The lowest BCUT2D eigenvalue weighted by atomic mass is 10.0. The van der Waals surface area contributed by atoms with Crippen LogP contribution in [0.25, 0.3) is 16.8 Å². The molecule has 0 spiro atoms. The van der Waals surface area contributed by atoms with E-state index in [4.69, 9.17) is 17.3 Å². The summed E-state index contributed by atoms with van der Waals surface area (Å²) >= 11 is 6.21. The fraction of sp³-hybridized carbons (Fsp3) is 0.364. The lowest BCUT2D eigenvalue weighted by molar-refractivity contribution is 0.0994. The summed E-state index contributed by atoms with van der Waals surface area (Å²) in [7, 11) is 0. The molecule has 2 fully saturated rings. The molecule has 2 aromatic heterocycles. The number of halogens is 1. The van der Waals surface area contributed by atoms with Crippen molar-refractivity contribution in [3.8, 4) is 11.3 Å². The molecule has 2 aliphatic rings. The molecule has 7 heteroatoms. The van der Waals surface area contributed by atoms with Crippen LogP contribution in [0, 0.1) is 6.92 Å². The van der Waals surface area contributed by atoms with Crippen molar-refractivity contribution in [3.63, 3.8) is 0 Å². The van der Waals surface area contributed by atoms with E-state index in [-0.39, 0.29) is 5.69 Å². The largest absolute Gasteiger partial charge is 0.369 e. The maximum atomic E-state index is 11.7. The maximum absolute atomic E-state index is 11.7. The van der Waals surface area contributed by atoms with Crippen molar-refractivity contribution in [3.05, 3.63) is 52.7 Å². The zero-order valence-electron chi connectivity index (χ0n) is 16.4. The van der Waals surface area contributed by atoms with Crippen molar-refractivity contribution in [1.29, 1.82) is 0 Å². The quantitative estimate of drug-likeness (QED) is 0.717. The molecule has 0 unspecified atom stereocenters. The molecule has 1 amide bonds. The second kappa shape index (κ2) is 7.04. The third kappa shape index (κ3) is 3.36. The number of aryl methyl sites for hydroxylation is 1. The van der Waals surface area contributed by atoms with Crippen LogP contribution < -0.4 is 10.6 Å². The highest BCUT2D eigenvalue weighted by Gasteiger charge is 2.31. The Morgan fingerprint density at radius 1 is 1.10 bits per heavy atom. The van der Waals surface area contributed by atoms with E-state index in [1.165, 1.54) is 23.0 Å². The summed E-state index contributed by atoms with van der Waals surface area (Å²) in [6.45, 7) is 6.54. The van der Waals surface area contributed by atoms with Gasteiger partial charge in [0.1, 0.15) is 5.69 Å². The summed E-state index contributed by atoms with van der Waals surface area (Å²) in [6, 6.07) is 12.7. The lowest BCUT2D eigenvalue weighted by Gasteiger charge is -2.36. The first-order valence-electron chi connectivity index (χ1n) is 10.1. The van der Waals surface area contributed by atoms with Crippen molar-refractivity contribution < 1.29 is 4.79 Å². The first-order valence-corrected chi connectivity index (χ1v) is 10.5. The molecule has 3 aromatic rings. The molecule has 6 nitrogen and oxygen atoms in total. The van der Waals surface area contributed by atoms with Crippen molar-refractivity contribution in [2.24, 2.45) is 5.73 Å². The molecular weight excluding hydrogens is 386 g/mol. The van der Waals surface area contributed by atoms with Gasteiger partial charge in [-0.3, -0.25) is 9.69 Å². The summed E-state index contributed by atoms with van der Waals surface area (Å²) in [5, 5.41) is 5.11. The van der Waals surface area contributed by atoms with Crippen LogP contribution in [0.1, 0.15) is 28.9 Å². The van der Waals surface area contributed by atoms with Gasteiger partial charge >= 0.3 is 0 Å². The molecule has 2 N–H and O–H groups in total. The van der Waals surface area contributed by atoms with Gasteiger partial charge in [-0.2, -0.15) is 5.10 Å². The normalized spacial score (nSPS) is 17.8. The Hall–Kier alpha value is -2.57. The number of hydrogen-bond donors (Lipinski definition) is 1. The van der Waals surface area contributed by atoms with Gasteiger partial charge in [-0.15, -0.1) is 0 Å². The van der Waals surface area contributed by atoms with E-state index >= 15 is 0 Å². The number of nitrogens with zero attached hydrogens (tertiary/aromatic N) is 4. The summed E-state index contributed by atoms with van der Waals surface area (Å²) in [5.41, 5.74) is 10.7. The molecule has 0 bridgehead atoms. The fourth-order valence-electron chi connectivity index (χ4n) is 4.28. The molecule has 1 saturated heterocycles. The monoisotopic (exact) mass is 409 g/mol. The molecular formula is C22H24ClN5O. The lowest BCUT2D eigenvalue weighted by Crippen LogP contribution is -2.47. The standard InChI is InChI=1S/C22H24ClN5O/c1-14-12-16(27-10-8-26(9-11-27)15-2-3-15)4-5-17(14)19-6-7-20-18(23)13-21(22(24)29)28(20)25-19/h4-7,12-13,15H,2-3,8-11H2,1H3,(H2,24,29). The number of piperazine rings is 1. The first-order chi connectivity index (χ1) is 14.0. The SMILES string of the molecule is Cc1cc(N2CCN(C3CC3)CC2)ccc1-c1ccc2c(Cl)cc(C(N)=O)n2n1. The molecule has 150 valence electrons. The van der Waals surface area contributed by atoms with Crippen molar-refractivity contribution in [2.45, 2.75) is 25.8 Å². The van der Waals surface area contributed by atoms with Crippen LogP contribution in [0.2, 0.25) is 5.02 Å². The number of benzene rings is 1. The highest BCUT2D eigenvalue weighted by atomic mass is 35.5. The molecule has 1 saturated carbocycles. The Morgan fingerprint density at radius 2 is 1.86 bits per heavy atom. The Balaban J connectivity index is 1.43. The van der Waals surface area contributed by atoms with E-state index < -0.39 is 5.91 Å². The summed E-state index contributed by atoms with van der Waals surface area (Å²) < 4.78 is 1.53. The maximum Gasteiger partial charge on any atom is 0.267 e. The number of anilines is 1. The number of amides is 1. The number of hydrogen-bond acceptors (Lipinski definition) is 4.